The van der Waals surface area contributed by atoms with Gasteiger partial charge in [-0.05, 0) is 32.1 Å². The first-order chi connectivity index (χ1) is 7.76. The summed E-state index contributed by atoms with van der Waals surface area (Å²) < 4.78 is 10.8. The van der Waals surface area contributed by atoms with Crippen molar-refractivity contribution in [3.63, 3.8) is 0 Å². The maximum Gasteiger partial charge on any atom is 0.229 e. The van der Waals surface area contributed by atoms with E-state index in [1.54, 1.807) is 0 Å². The van der Waals surface area contributed by atoms with Crippen molar-refractivity contribution in [1.29, 1.82) is 0 Å². The summed E-state index contributed by atoms with van der Waals surface area (Å²) in [6.07, 6.45) is 6.29. The Kier molecular flexibility index (Phi) is 2.44. The number of hydrogen-bond acceptors (Lipinski definition) is 5. The lowest BCUT2D eigenvalue weighted by Gasteiger charge is -2.34. The molecule has 0 spiro atoms. The van der Waals surface area contributed by atoms with Crippen LogP contribution in [-0.2, 0) is 16.7 Å². The molecule has 2 aliphatic rings. The Hall–Kier alpha value is -0.940. The highest BCUT2D eigenvalue weighted by atomic mass is 16.5. The van der Waals surface area contributed by atoms with E-state index in [4.69, 9.17) is 15.0 Å². The van der Waals surface area contributed by atoms with Gasteiger partial charge in [-0.15, -0.1) is 0 Å². The molecule has 1 unspecified atom stereocenters. The van der Waals surface area contributed by atoms with Crippen LogP contribution in [0, 0.1) is 0 Å². The monoisotopic (exact) mass is 223 g/mol. The van der Waals surface area contributed by atoms with Gasteiger partial charge in [0, 0.05) is 6.61 Å². The Labute approximate surface area is 94.3 Å². The highest BCUT2D eigenvalue weighted by molar-refractivity contribution is 5.08. The van der Waals surface area contributed by atoms with Crippen LogP contribution < -0.4 is 5.73 Å². The van der Waals surface area contributed by atoms with E-state index in [0.717, 1.165) is 45.1 Å². The quantitative estimate of drug-likeness (QED) is 0.831. The van der Waals surface area contributed by atoms with Gasteiger partial charge >= 0.3 is 0 Å². The van der Waals surface area contributed by atoms with E-state index in [-0.39, 0.29) is 11.6 Å². The minimum Gasteiger partial charge on any atom is -0.378 e. The van der Waals surface area contributed by atoms with Crippen LogP contribution in [0.2, 0.25) is 0 Å². The first kappa shape index (κ1) is 10.2. The number of nitrogens with zero attached hydrogens (tertiary/aromatic N) is 2. The fourth-order valence-electron chi connectivity index (χ4n) is 2.32. The number of rotatable bonds is 3. The van der Waals surface area contributed by atoms with Gasteiger partial charge in [-0.3, -0.25) is 0 Å². The Balaban J connectivity index is 1.67. The Morgan fingerprint density at radius 1 is 1.38 bits per heavy atom. The largest absolute Gasteiger partial charge is 0.378 e. The van der Waals surface area contributed by atoms with Crippen LogP contribution in [0.25, 0.3) is 0 Å². The predicted molar refractivity (Wildman–Crippen MR) is 56.7 cm³/mol. The van der Waals surface area contributed by atoms with Gasteiger partial charge in [0.1, 0.15) is 0 Å². The third kappa shape index (κ3) is 1.74. The third-order valence-corrected chi connectivity index (χ3v) is 3.59. The van der Waals surface area contributed by atoms with Crippen molar-refractivity contribution in [2.45, 2.75) is 50.2 Å². The first-order valence-corrected chi connectivity index (χ1v) is 6.00. The molecule has 16 heavy (non-hydrogen) atoms. The number of nitrogens with two attached hydrogens (primary N) is 1. The maximum atomic E-state index is 6.13. The van der Waals surface area contributed by atoms with E-state index in [1.807, 2.05) is 0 Å². The van der Waals surface area contributed by atoms with Gasteiger partial charge in [-0.25, -0.2) is 0 Å². The van der Waals surface area contributed by atoms with Crippen molar-refractivity contribution >= 4 is 0 Å². The molecule has 1 aromatic heterocycles. The number of ether oxygens (including phenoxy) is 1. The molecule has 1 aliphatic heterocycles. The summed E-state index contributed by atoms with van der Waals surface area (Å²) in [6, 6.07) is 0. The van der Waals surface area contributed by atoms with Crippen LogP contribution in [-0.4, -0.2) is 22.9 Å². The Morgan fingerprint density at radius 2 is 2.25 bits per heavy atom. The molecule has 5 heteroatoms. The van der Waals surface area contributed by atoms with E-state index in [2.05, 4.69) is 10.1 Å². The molecule has 3 rings (SSSR count). The summed E-state index contributed by atoms with van der Waals surface area (Å²) in [5.74, 6) is 1.34. The van der Waals surface area contributed by atoms with Gasteiger partial charge < -0.3 is 15.0 Å². The lowest BCUT2D eigenvalue weighted by molar-refractivity contribution is 0.104. The zero-order chi connectivity index (χ0) is 11.0. The van der Waals surface area contributed by atoms with Crippen LogP contribution in [0.15, 0.2) is 4.52 Å². The molecule has 88 valence electrons. The fourth-order valence-corrected chi connectivity index (χ4v) is 2.32. The lowest BCUT2D eigenvalue weighted by atomic mass is 9.77. The van der Waals surface area contributed by atoms with E-state index in [0.29, 0.717) is 11.7 Å². The van der Waals surface area contributed by atoms with Crippen LogP contribution in [0.3, 0.4) is 0 Å². The second-order valence-corrected chi connectivity index (χ2v) is 4.86. The molecule has 2 N–H and O–H groups in total. The van der Waals surface area contributed by atoms with Gasteiger partial charge in [-0.2, -0.15) is 4.98 Å². The molecule has 2 heterocycles. The van der Waals surface area contributed by atoms with Crippen LogP contribution >= 0.6 is 0 Å². The molecule has 0 radical (unpaired) electrons. The molecule has 1 saturated heterocycles. The summed E-state index contributed by atoms with van der Waals surface area (Å²) in [4.78, 5) is 4.38. The molecule has 0 amide bonds. The van der Waals surface area contributed by atoms with Crippen molar-refractivity contribution in [3.8, 4) is 0 Å². The van der Waals surface area contributed by atoms with Crippen molar-refractivity contribution in [2.24, 2.45) is 5.73 Å². The molecule has 5 nitrogen and oxygen atoms in total. The Morgan fingerprint density at radius 3 is 2.88 bits per heavy atom. The topological polar surface area (TPSA) is 74.2 Å². The zero-order valence-electron chi connectivity index (χ0n) is 9.32. The van der Waals surface area contributed by atoms with Gasteiger partial charge in [0.15, 0.2) is 5.82 Å². The SMILES string of the molecule is NC1(c2noc(CC3CCCO3)n2)CCC1. The lowest BCUT2D eigenvalue weighted by Crippen LogP contribution is -2.44. The van der Waals surface area contributed by atoms with Crippen molar-refractivity contribution in [2.75, 3.05) is 6.61 Å². The van der Waals surface area contributed by atoms with Gasteiger partial charge in [-0.1, -0.05) is 5.16 Å². The summed E-state index contributed by atoms with van der Waals surface area (Å²) in [7, 11) is 0. The molecular formula is C11H17N3O2. The highest BCUT2D eigenvalue weighted by Gasteiger charge is 2.39. The summed E-state index contributed by atoms with van der Waals surface area (Å²) in [5.41, 5.74) is 5.81. The van der Waals surface area contributed by atoms with Crippen LogP contribution in [0.4, 0.5) is 0 Å². The number of hydrogen-bond donors (Lipinski definition) is 1. The standard InChI is InChI=1S/C11H17N3O2/c12-11(4-2-5-11)10-13-9(16-14-10)7-8-3-1-6-15-8/h8H,1-7,12H2. The fraction of sp³-hybridized carbons (Fsp3) is 0.818. The summed E-state index contributed by atoms with van der Waals surface area (Å²) in [5, 5.41) is 3.99. The summed E-state index contributed by atoms with van der Waals surface area (Å²) in [6.45, 7) is 0.854. The van der Waals surface area contributed by atoms with Gasteiger partial charge in [0.2, 0.25) is 5.89 Å². The second kappa shape index (κ2) is 3.82. The van der Waals surface area contributed by atoms with Crippen LogP contribution in [0.5, 0.6) is 0 Å². The van der Waals surface area contributed by atoms with Gasteiger partial charge in [0.25, 0.3) is 0 Å². The van der Waals surface area contributed by atoms with E-state index >= 15 is 0 Å². The molecule has 0 bridgehead atoms. The molecule has 1 aromatic rings. The van der Waals surface area contributed by atoms with E-state index < -0.39 is 0 Å². The normalized spacial score (nSPS) is 27.9. The van der Waals surface area contributed by atoms with Crippen LogP contribution in [0.1, 0.15) is 43.8 Å². The highest BCUT2D eigenvalue weighted by Crippen LogP contribution is 2.36. The minimum atomic E-state index is -0.321. The minimum absolute atomic E-state index is 0.253. The average Bonchev–Trinajstić information content (AvgIpc) is 2.86. The van der Waals surface area contributed by atoms with Crippen molar-refractivity contribution < 1.29 is 9.26 Å². The Bertz CT molecular complexity index is 367. The van der Waals surface area contributed by atoms with E-state index in [9.17, 15) is 0 Å². The first-order valence-electron chi connectivity index (χ1n) is 6.00. The third-order valence-electron chi connectivity index (χ3n) is 3.59. The molecule has 2 fully saturated rings. The maximum absolute atomic E-state index is 6.13. The second-order valence-electron chi connectivity index (χ2n) is 4.86. The molecule has 0 aromatic carbocycles. The molecule has 1 aliphatic carbocycles. The number of aromatic nitrogens is 2. The molecule has 1 saturated carbocycles. The van der Waals surface area contributed by atoms with Gasteiger partial charge in [0.05, 0.1) is 18.1 Å². The van der Waals surface area contributed by atoms with E-state index in [1.165, 1.54) is 0 Å². The summed E-state index contributed by atoms with van der Waals surface area (Å²) >= 11 is 0. The predicted octanol–water partition coefficient (Wildman–Crippen LogP) is 1.13. The molecule has 1 atom stereocenters. The van der Waals surface area contributed by atoms with Crippen molar-refractivity contribution in [3.05, 3.63) is 11.7 Å². The molecular weight excluding hydrogens is 206 g/mol. The van der Waals surface area contributed by atoms with Crippen molar-refractivity contribution in [1.82, 2.24) is 10.1 Å². The zero-order valence-corrected chi connectivity index (χ0v) is 9.32. The smallest absolute Gasteiger partial charge is 0.229 e. The average molecular weight is 223 g/mol.